The van der Waals surface area contributed by atoms with E-state index in [9.17, 15) is 4.79 Å². The Morgan fingerprint density at radius 3 is 2.65 bits per heavy atom. The first kappa shape index (κ1) is 20.8. The summed E-state index contributed by atoms with van der Waals surface area (Å²) in [6.45, 7) is 9.19. The third-order valence-corrected chi connectivity index (χ3v) is 5.08. The van der Waals surface area contributed by atoms with Gasteiger partial charge in [0.25, 0.3) is 0 Å². The highest BCUT2D eigenvalue weighted by Gasteiger charge is 2.26. The molecule has 4 rings (SSSR count). The van der Waals surface area contributed by atoms with Crippen molar-refractivity contribution in [3.05, 3.63) is 53.9 Å². The number of carbonyl (C=O) groups is 1. The van der Waals surface area contributed by atoms with E-state index in [1.807, 2.05) is 57.3 Å². The molecule has 1 aliphatic rings. The number of aromatic nitrogens is 3. The molecule has 0 radical (unpaired) electrons. The molecule has 160 valence electrons. The van der Waals surface area contributed by atoms with E-state index >= 15 is 0 Å². The highest BCUT2D eigenvalue weighted by atomic mass is 16.6. The summed E-state index contributed by atoms with van der Waals surface area (Å²) in [5.41, 5.74) is 3.52. The van der Waals surface area contributed by atoms with Crippen molar-refractivity contribution >= 4 is 11.7 Å². The van der Waals surface area contributed by atoms with Crippen molar-refractivity contribution in [2.45, 2.75) is 32.9 Å². The molecule has 1 saturated heterocycles. The van der Waals surface area contributed by atoms with E-state index in [4.69, 9.17) is 15.0 Å². The third-order valence-electron chi connectivity index (χ3n) is 5.08. The average Bonchev–Trinajstić information content (AvgIpc) is 3.16. The van der Waals surface area contributed by atoms with Crippen molar-refractivity contribution in [2.24, 2.45) is 0 Å². The van der Waals surface area contributed by atoms with Crippen LogP contribution in [0.25, 0.3) is 16.9 Å². The van der Waals surface area contributed by atoms with E-state index in [-0.39, 0.29) is 6.09 Å². The van der Waals surface area contributed by atoms with E-state index in [1.54, 1.807) is 15.5 Å². The highest BCUT2D eigenvalue weighted by molar-refractivity contribution is 5.68. The Balaban J connectivity index is 1.41. The van der Waals surface area contributed by atoms with Crippen molar-refractivity contribution < 1.29 is 9.53 Å². The zero-order chi connectivity index (χ0) is 22.0. The Hall–Kier alpha value is -3.44. The van der Waals surface area contributed by atoms with E-state index < -0.39 is 5.60 Å². The van der Waals surface area contributed by atoms with Crippen LogP contribution in [0.3, 0.4) is 0 Å². The van der Waals surface area contributed by atoms with E-state index in [1.165, 1.54) is 0 Å². The number of rotatable bonds is 3. The summed E-state index contributed by atoms with van der Waals surface area (Å²) in [5.74, 6) is 0. The number of ether oxygens (including phenoxy) is 1. The molecule has 0 spiro atoms. The lowest BCUT2D eigenvalue weighted by atomic mass is 10.1. The first-order valence-electron chi connectivity index (χ1n) is 10.4. The van der Waals surface area contributed by atoms with Crippen molar-refractivity contribution in [3.63, 3.8) is 0 Å². The zero-order valence-electron chi connectivity index (χ0n) is 18.1. The largest absolute Gasteiger partial charge is 0.444 e. The number of hydrogen-bond donors (Lipinski definition) is 0. The van der Waals surface area contributed by atoms with Crippen LogP contribution in [0, 0.1) is 11.3 Å². The van der Waals surface area contributed by atoms with Gasteiger partial charge in [0.1, 0.15) is 5.60 Å². The molecule has 8 heteroatoms. The summed E-state index contributed by atoms with van der Waals surface area (Å²) in [6.07, 6.45) is 1.66. The molecule has 1 aromatic carbocycles. The van der Waals surface area contributed by atoms with Gasteiger partial charge in [0.15, 0.2) is 5.65 Å². The lowest BCUT2D eigenvalue weighted by Crippen LogP contribution is -2.49. The molecule has 1 aliphatic heterocycles. The summed E-state index contributed by atoms with van der Waals surface area (Å²) in [4.78, 5) is 21.0. The Morgan fingerprint density at radius 2 is 1.94 bits per heavy atom. The monoisotopic (exact) mass is 418 g/mol. The molecule has 0 N–H and O–H groups in total. The minimum atomic E-state index is -0.479. The summed E-state index contributed by atoms with van der Waals surface area (Å²) >= 11 is 0. The van der Waals surface area contributed by atoms with Gasteiger partial charge in [-0.2, -0.15) is 10.4 Å². The van der Waals surface area contributed by atoms with Gasteiger partial charge < -0.3 is 9.64 Å². The normalized spacial score (nSPS) is 15.1. The first-order chi connectivity index (χ1) is 14.8. The smallest absolute Gasteiger partial charge is 0.410 e. The number of benzene rings is 1. The molecule has 3 aromatic rings. The molecule has 1 fully saturated rings. The number of fused-ring (bicyclic) bond motifs is 1. The Morgan fingerprint density at radius 1 is 1.16 bits per heavy atom. The van der Waals surface area contributed by atoms with Crippen LogP contribution in [-0.2, 0) is 11.3 Å². The Bertz CT molecular complexity index is 1130. The average molecular weight is 419 g/mol. The maximum absolute atomic E-state index is 12.2. The summed E-state index contributed by atoms with van der Waals surface area (Å²) in [6, 6.07) is 13.5. The van der Waals surface area contributed by atoms with Gasteiger partial charge in [-0.25, -0.2) is 14.3 Å². The van der Waals surface area contributed by atoms with E-state index in [2.05, 4.69) is 16.1 Å². The van der Waals surface area contributed by atoms with Crippen LogP contribution in [0.15, 0.2) is 42.6 Å². The number of nitriles is 1. The predicted octanol–water partition coefficient (Wildman–Crippen LogP) is 3.32. The van der Waals surface area contributed by atoms with Gasteiger partial charge in [-0.1, -0.05) is 12.1 Å². The highest BCUT2D eigenvalue weighted by Crippen LogP contribution is 2.20. The molecule has 31 heavy (non-hydrogen) atoms. The van der Waals surface area contributed by atoms with Gasteiger partial charge in [0, 0.05) is 50.6 Å². The number of carbonyl (C=O) groups excluding carboxylic acids is 1. The molecule has 0 atom stereocenters. The van der Waals surface area contributed by atoms with Crippen LogP contribution in [0.2, 0.25) is 0 Å². The van der Waals surface area contributed by atoms with Crippen molar-refractivity contribution in [1.29, 1.82) is 5.26 Å². The third kappa shape index (κ3) is 5.01. The van der Waals surface area contributed by atoms with Gasteiger partial charge in [-0.05, 0) is 39.0 Å². The lowest BCUT2D eigenvalue weighted by molar-refractivity contribution is 0.0138. The first-order valence-corrected chi connectivity index (χ1v) is 10.4. The molecule has 8 nitrogen and oxygen atoms in total. The minimum Gasteiger partial charge on any atom is -0.444 e. The van der Waals surface area contributed by atoms with Gasteiger partial charge in [0.2, 0.25) is 0 Å². The van der Waals surface area contributed by atoms with Crippen LogP contribution in [-0.4, -0.2) is 62.3 Å². The summed E-state index contributed by atoms with van der Waals surface area (Å²) < 4.78 is 7.21. The van der Waals surface area contributed by atoms with Crippen molar-refractivity contribution in [1.82, 2.24) is 24.4 Å². The number of amides is 1. The minimum absolute atomic E-state index is 0.251. The molecular weight excluding hydrogens is 392 g/mol. The fraction of sp³-hybridized carbons (Fsp3) is 0.391. The molecule has 0 aliphatic carbocycles. The fourth-order valence-corrected chi connectivity index (χ4v) is 3.54. The van der Waals surface area contributed by atoms with Crippen LogP contribution in [0.1, 0.15) is 32.0 Å². The molecule has 1 amide bonds. The number of nitrogens with zero attached hydrogens (tertiary/aromatic N) is 6. The predicted molar refractivity (Wildman–Crippen MR) is 116 cm³/mol. The second-order valence-electron chi connectivity index (χ2n) is 8.69. The van der Waals surface area contributed by atoms with E-state index in [0.29, 0.717) is 25.2 Å². The zero-order valence-corrected chi connectivity index (χ0v) is 18.1. The lowest BCUT2D eigenvalue weighted by Gasteiger charge is -2.35. The quantitative estimate of drug-likeness (QED) is 0.649. The molecule has 0 saturated carbocycles. The fourth-order valence-electron chi connectivity index (χ4n) is 3.54. The van der Waals surface area contributed by atoms with Gasteiger partial charge >= 0.3 is 6.09 Å². The number of piperazine rings is 1. The number of hydrogen-bond acceptors (Lipinski definition) is 6. The Labute approximate surface area is 181 Å². The second-order valence-corrected chi connectivity index (χ2v) is 8.69. The maximum atomic E-state index is 12.2. The molecule has 0 bridgehead atoms. The van der Waals surface area contributed by atoms with Crippen LogP contribution < -0.4 is 0 Å². The SMILES string of the molecule is CC(C)(C)OC(=O)N1CCN(Cc2ccn3nc(-c4cccc(C#N)c4)cc3n2)CC1. The van der Waals surface area contributed by atoms with Crippen molar-refractivity contribution in [3.8, 4) is 17.3 Å². The van der Waals surface area contributed by atoms with Crippen LogP contribution in [0.4, 0.5) is 4.79 Å². The summed E-state index contributed by atoms with van der Waals surface area (Å²) in [7, 11) is 0. The van der Waals surface area contributed by atoms with Gasteiger partial charge in [0.05, 0.1) is 23.0 Å². The van der Waals surface area contributed by atoms with Gasteiger partial charge in [-0.15, -0.1) is 0 Å². The van der Waals surface area contributed by atoms with Crippen LogP contribution in [0.5, 0.6) is 0 Å². The maximum Gasteiger partial charge on any atom is 0.410 e. The van der Waals surface area contributed by atoms with Crippen LogP contribution >= 0.6 is 0 Å². The van der Waals surface area contributed by atoms with E-state index in [0.717, 1.165) is 35.7 Å². The Kier molecular flexibility index (Phi) is 5.61. The topological polar surface area (TPSA) is 86.8 Å². The van der Waals surface area contributed by atoms with Gasteiger partial charge in [-0.3, -0.25) is 4.90 Å². The molecule has 0 unspecified atom stereocenters. The second kappa shape index (κ2) is 8.36. The standard InChI is InChI=1S/C23H26N6O2/c1-23(2,3)31-22(30)28-11-9-27(10-12-28)16-19-7-8-29-21(25-19)14-20(26-29)18-6-4-5-17(13-18)15-24/h4-8,13-14H,9-12,16H2,1-3H3. The molecule has 3 heterocycles. The molecule has 2 aromatic heterocycles. The molecular formula is C23H26N6O2. The van der Waals surface area contributed by atoms with Crippen molar-refractivity contribution in [2.75, 3.05) is 26.2 Å². The summed E-state index contributed by atoms with van der Waals surface area (Å²) in [5, 5.41) is 13.7.